The van der Waals surface area contributed by atoms with Crippen molar-refractivity contribution in [3.8, 4) is 0 Å². The van der Waals surface area contributed by atoms with Crippen molar-refractivity contribution in [3.63, 3.8) is 0 Å². The van der Waals surface area contributed by atoms with Gasteiger partial charge in [0, 0.05) is 11.8 Å². The summed E-state index contributed by atoms with van der Waals surface area (Å²) < 4.78 is 0. The second-order valence-corrected chi connectivity index (χ2v) is 15.7. The second-order valence-electron chi connectivity index (χ2n) is 15.7. The van der Waals surface area contributed by atoms with Gasteiger partial charge < -0.3 is 0 Å². The number of hydrogen-bond acceptors (Lipinski definition) is 1. The molecule has 1 nitrogen and oxygen atoms in total. The highest BCUT2D eigenvalue weighted by Gasteiger charge is 2.63. The Morgan fingerprint density at radius 3 is 1.35 bits per heavy atom. The van der Waals surface area contributed by atoms with Crippen molar-refractivity contribution < 1.29 is 4.79 Å². The van der Waals surface area contributed by atoms with Gasteiger partial charge in [0.25, 0.3) is 0 Å². The van der Waals surface area contributed by atoms with E-state index in [0.717, 1.165) is 30.5 Å². The van der Waals surface area contributed by atoms with Crippen molar-refractivity contribution in [1.82, 2.24) is 0 Å². The number of ketones is 1. The van der Waals surface area contributed by atoms with E-state index in [0.29, 0.717) is 23.7 Å². The van der Waals surface area contributed by atoms with Gasteiger partial charge in [-0.25, -0.2) is 0 Å². The van der Waals surface area contributed by atoms with Gasteiger partial charge in [-0.3, -0.25) is 4.79 Å². The third-order valence-electron chi connectivity index (χ3n) is 13.5. The highest BCUT2D eigenvalue weighted by atomic mass is 16.1. The molecular weight excluding hydrogens is 412 g/mol. The fourth-order valence-electron chi connectivity index (χ4n) is 10.8. The van der Waals surface area contributed by atoms with E-state index in [2.05, 4.69) is 69.2 Å². The van der Waals surface area contributed by atoms with Crippen molar-refractivity contribution in [2.24, 2.45) is 69.0 Å². The molecule has 0 radical (unpaired) electrons. The fraction of sp³-hybridized carbons (Fsp3) is 0.970. The summed E-state index contributed by atoms with van der Waals surface area (Å²) in [6.07, 6.45) is 13.0. The first kappa shape index (κ1) is 26.7. The van der Waals surface area contributed by atoms with Crippen LogP contribution in [0.1, 0.15) is 133 Å². The van der Waals surface area contributed by atoms with Crippen LogP contribution in [-0.4, -0.2) is 5.78 Å². The van der Waals surface area contributed by atoms with E-state index in [9.17, 15) is 0 Å². The molecule has 4 saturated carbocycles. The Morgan fingerprint density at radius 2 is 1.03 bits per heavy atom. The summed E-state index contributed by atoms with van der Waals surface area (Å²) in [5.74, 6) is 5.12. The van der Waals surface area contributed by atoms with Gasteiger partial charge in [0.2, 0.25) is 0 Å². The third-order valence-corrected chi connectivity index (χ3v) is 13.5. The van der Waals surface area contributed by atoms with E-state index in [1.54, 1.807) is 0 Å². The lowest BCUT2D eigenvalue weighted by molar-refractivity contribution is -0.177. The van der Waals surface area contributed by atoms with Crippen molar-refractivity contribution >= 4 is 5.78 Å². The molecule has 0 bridgehead atoms. The summed E-state index contributed by atoms with van der Waals surface area (Å²) >= 11 is 0. The van der Waals surface area contributed by atoms with E-state index >= 15 is 4.79 Å². The van der Waals surface area contributed by atoms with Crippen LogP contribution in [0.3, 0.4) is 0 Å². The molecule has 4 aliphatic carbocycles. The summed E-state index contributed by atoms with van der Waals surface area (Å²) in [5.41, 5.74) is 0.835. The Hall–Kier alpha value is -0.330. The van der Waals surface area contributed by atoms with E-state index in [1.165, 1.54) is 51.4 Å². The monoisotopic (exact) mass is 470 g/mol. The molecule has 196 valence electrons. The lowest BCUT2D eigenvalue weighted by Crippen LogP contribution is -2.62. The van der Waals surface area contributed by atoms with Gasteiger partial charge in [-0.1, -0.05) is 94.9 Å². The van der Waals surface area contributed by atoms with Crippen LogP contribution in [-0.2, 0) is 4.79 Å². The normalized spacial score (nSPS) is 50.2. The van der Waals surface area contributed by atoms with Gasteiger partial charge >= 0.3 is 0 Å². The van der Waals surface area contributed by atoms with Crippen molar-refractivity contribution in [1.29, 1.82) is 0 Å². The predicted octanol–water partition coefficient (Wildman–Crippen LogP) is 9.59. The van der Waals surface area contributed by atoms with Crippen LogP contribution < -0.4 is 0 Å². The van der Waals surface area contributed by atoms with Gasteiger partial charge in [-0.05, 0) is 95.7 Å². The molecule has 0 heterocycles. The highest BCUT2D eigenvalue weighted by Crippen LogP contribution is 2.66. The van der Waals surface area contributed by atoms with Crippen LogP contribution in [0.4, 0.5) is 0 Å². The molecule has 4 aliphatic rings. The highest BCUT2D eigenvalue weighted by molar-refractivity contribution is 5.86. The average Bonchev–Trinajstić information content (AvgIpc) is 2.75. The molecule has 0 saturated heterocycles. The largest absolute Gasteiger partial charge is 0.299 e. The van der Waals surface area contributed by atoms with Crippen LogP contribution in [0.5, 0.6) is 0 Å². The zero-order chi connectivity index (χ0) is 25.3. The SMILES string of the molecule is CCC1(C)C(C)CC2CCCC(C)(C)C2C1C(=O)C1C2C(CCCC2(C)C)CC(C)C1(C)CC. The fourth-order valence-corrected chi connectivity index (χ4v) is 10.8. The zero-order valence-electron chi connectivity index (χ0n) is 24.6. The molecule has 0 N–H and O–H groups in total. The maximum absolute atomic E-state index is 15.5. The number of hydrogen-bond donors (Lipinski definition) is 0. The minimum absolute atomic E-state index is 0.135. The summed E-state index contributed by atoms with van der Waals surface area (Å²) in [6.45, 7) is 24.9. The van der Waals surface area contributed by atoms with Gasteiger partial charge in [-0.2, -0.15) is 0 Å². The molecule has 34 heavy (non-hydrogen) atoms. The van der Waals surface area contributed by atoms with Crippen molar-refractivity contribution in [2.45, 2.75) is 133 Å². The Labute approximate surface area is 213 Å². The Balaban J connectivity index is 1.87. The molecule has 0 aliphatic heterocycles. The first-order chi connectivity index (χ1) is 15.7. The molecule has 4 rings (SSSR count). The molecule has 0 aromatic carbocycles. The minimum Gasteiger partial charge on any atom is -0.299 e. The summed E-state index contributed by atoms with van der Waals surface area (Å²) in [5, 5.41) is 0. The quantitative estimate of drug-likeness (QED) is 0.399. The van der Waals surface area contributed by atoms with Crippen molar-refractivity contribution in [3.05, 3.63) is 0 Å². The van der Waals surface area contributed by atoms with E-state index < -0.39 is 0 Å². The van der Waals surface area contributed by atoms with Crippen LogP contribution in [0.25, 0.3) is 0 Å². The van der Waals surface area contributed by atoms with Crippen LogP contribution in [0, 0.1) is 69.0 Å². The number of carbonyl (C=O) groups is 1. The number of rotatable bonds is 4. The molecule has 0 aromatic heterocycles. The Kier molecular flexibility index (Phi) is 7.00. The predicted molar refractivity (Wildman–Crippen MR) is 146 cm³/mol. The topological polar surface area (TPSA) is 17.1 Å². The number of carbonyl (C=O) groups excluding carboxylic acids is 1. The average molecular weight is 471 g/mol. The molecule has 0 aromatic rings. The van der Waals surface area contributed by atoms with Crippen LogP contribution >= 0.6 is 0 Å². The Morgan fingerprint density at radius 1 is 0.676 bits per heavy atom. The minimum atomic E-state index is 0.135. The van der Waals surface area contributed by atoms with E-state index in [-0.39, 0.29) is 33.5 Å². The van der Waals surface area contributed by atoms with Gasteiger partial charge in [0.15, 0.2) is 0 Å². The number of Topliss-reactive ketones (excluding diaryl/α,β-unsaturated/α-hetero) is 1. The van der Waals surface area contributed by atoms with Gasteiger partial charge in [-0.15, -0.1) is 0 Å². The molecule has 0 amide bonds. The zero-order valence-corrected chi connectivity index (χ0v) is 24.6. The smallest absolute Gasteiger partial charge is 0.140 e. The maximum Gasteiger partial charge on any atom is 0.140 e. The van der Waals surface area contributed by atoms with Crippen LogP contribution in [0.15, 0.2) is 0 Å². The van der Waals surface area contributed by atoms with Crippen LogP contribution in [0.2, 0.25) is 0 Å². The molecule has 10 atom stereocenters. The molecule has 0 spiro atoms. The summed E-state index contributed by atoms with van der Waals surface area (Å²) in [6, 6.07) is 0. The molecule has 4 fully saturated rings. The number of fused-ring (bicyclic) bond motifs is 2. The molecule has 10 unspecified atom stereocenters. The first-order valence-electron chi connectivity index (χ1n) is 15.3. The molecule has 1 heteroatoms. The van der Waals surface area contributed by atoms with E-state index in [1.807, 2.05) is 0 Å². The van der Waals surface area contributed by atoms with E-state index in [4.69, 9.17) is 0 Å². The molecular formula is C33H58O. The lowest BCUT2D eigenvalue weighted by Gasteiger charge is -2.63. The maximum atomic E-state index is 15.5. The standard InChI is InChI=1S/C33H58O/c1-11-32(9)21(3)19-23-15-13-17-30(5,6)25(23)27(32)29(34)28-26-24(16-14-18-31(26,7)8)20-22(4)33(28,10)12-2/h21-28H,11-20H2,1-10H3. The van der Waals surface area contributed by atoms with Gasteiger partial charge in [0.05, 0.1) is 0 Å². The third kappa shape index (κ3) is 3.88. The summed E-state index contributed by atoms with van der Waals surface area (Å²) in [4.78, 5) is 15.5. The summed E-state index contributed by atoms with van der Waals surface area (Å²) in [7, 11) is 0. The second kappa shape index (κ2) is 8.90. The van der Waals surface area contributed by atoms with Crippen molar-refractivity contribution in [2.75, 3.05) is 0 Å². The Bertz CT molecular complexity index is 701. The van der Waals surface area contributed by atoms with Gasteiger partial charge in [0.1, 0.15) is 5.78 Å². The lowest BCUT2D eigenvalue weighted by atomic mass is 9.40. The first-order valence-corrected chi connectivity index (χ1v) is 15.3.